The van der Waals surface area contributed by atoms with E-state index in [1.807, 2.05) is 0 Å². The van der Waals surface area contributed by atoms with E-state index < -0.39 is 23.1 Å². The molecule has 5 amide bonds. The third-order valence-corrected chi connectivity index (χ3v) is 10.7. The maximum Gasteiger partial charge on any atom is 0.269 e. The van der Waals surface area contributed by atoms with Gasteiger partial charge in [-0.15, -0.1) is 0 Å². The number of anilines is 2. The van der Waals surface area contributed by atoms with Crippen LogP contribution in [0.3, 0.4) is 0 Å². The molecule has 2 aromatic carbocycles. The number of nitrogen functional groups attached to an aromatic ring is 2. The molecular weight excluding hydrogens is 880 g/mol. The molecule has 2 fully saturated rings. The van der Waals surface area contributed by atoms with Gasteiger partial charge in [-0.25, -0.2) is 29.3 Å². The van der Waals surface area contributed by atoms with E-state index in [9.17, 15) is 28.8 Å². The Balaban J connectivity index is 0.000000202. The zero-order valence-electron chi connectivity index (χ0n) is 36.0. The standard InChI is InChI=1S/C23H23N7O3.C20H21N7O2.C3H3ClO/c1-2-18(31)29-13-5-6-16(29)22-28-19(20(21(24)32)30(22)25)14-8-10-15(11-9-14)23(33)27-17-7-3-4-12-26-17;21-18(28)17-16(26-19(27(17)22)14-4-3-11-23-14)12-6-8-13(9-7-12)20(29)25-15-5-1-2-10-24-15;1-2-3(4)5/h2-4,7-12,16H,1,5-6,13,25H2,(H2,24,32)(H,26,27,33);1-2,5-10,14,23H,3-4,11,22H2,(H2,21,28)(H,24,25,29);2H,1H2/t16-;14-;/m00./s1. The summed E-state index contributed by atoms with van der Waals surface area (Å²) in [4.78, 5) is 89.7. The number of aromatic nitrogens is 6. The highest BCUT2D eigenvalue weighted by molar-refractivity contribution is 6.66. The summed E-state index contributed by atoms with van der Waals surface area (Å²) in [6.07, 6.45) is 8.80. The molecule has 11 N–H and O–H groups in total. The van der Waals surface area contributed by atoms with Crippen molar-refractivity contribution >= 4 is 58.0 Å². The van der Waals surface area contributed by atoms with Gasteiger partial charge in [-0.05, 0) is 105 Å². The lowest BCUT2D eigenvalue weighted by Crippen LogP contribution is -2.32. The first-order chi connectivity index (χ1) is 32.2. The fraction of sp³-hybridized carbons (Fsp3) is 0.174. The van der Waals surface area contributed by atoms with Crippen LogP contribution in [-0.2, 0) is 9.59 Å². The van der Waals surface area contributed by atoms with Crippen LogP contribution in [0.2, 0.25) is 0 Å². The molecule has 2 saturated heterocycles. The summed E-state index contributed by atoms with van der Waals surface area (Å²) in [6, 6.07) is 23.3. The summed E-state index contributed by atoms with van der Waals surface area (Å²) < 4.78 is 2.42. The van der Waals surface area contributed by atoms with Crippen molar-refractivity contribution in [2.75, 3.05) is 35.4 Å². The minimum absolute atomic E-state index is 0.0183. The predicted octanol–water partition coefficient (Wildman–Crippen LogP) is 4.23. The Morgan fingerprint density at radius 3 is 1.55 bits per heavy atom. The fourth-order valence-electron chi connectivity index (χ4n) is 7.38. The van der Waals surface area contributed by atoms with Gasteiger partial charge in [0.25, 0.3) is 23.6 Å². The molecule has 6 heterocycles. The van der Waals surface area contributed by atoms with Gasteiger partial charge >= 0.3 is 0 Å². The van der Waals surface area contributed by atoms with Crippen molar-refractivity contribution in [2.45, 2.75) is 37.8 Å². The molecule has 2 aliphatic rings. The Morgan fingerprint density at radius 2 is 1.15 bits per heavy atom. The second kappa shape index (κ2) is 21.9. The van der Waals surface area contributed by atoms with Crippen LogP contribution >= 0.6 is 11.6 Å². The van der Waals surface area contributed by atoms with E-state index in [2.05, 4.69) is 49.0 Å². The highest BCUT2D eigenvalue weighted by Crippen LogP contribution is 2.35. The van der Waals surface area contributed by atoms with Gasteiger partial charge in [0.2, 0.25) is 11.1 Å². The van der Waals surface area contributed by atoms with Gasteiger partial charge in [-0.3, -0.25) is 28.8 Å². The maximum atomic E-state index is 12.5. The molecule has 2 aliphatic heterocycles. The predicted molar refractivity (Wildman–Crippen MR) is 252 cm³/mol. The number of allylic oxidation sites excluding steroid dienone is 1. The first-order valence-corrected chi connectivity index (χ1v) is 21.1. The van der Waals surface area contributed by atoms with Crippen LogP contribution in [0.5, 0.6) is 0 Å². The molecule has 0 saturated carbocycles. The summed E-state index contributed by atoms with van der Waals surface area (Å²) in [7, 11) is 0. The Kier molecular flexibility index (Phi) is 15.7. The van der Waals surface area contributed by atoms with E-state index in [0.717, 1.165) is 36.6 Å². The summed E-state index contributed by atoms with van der Waals surface area (Å²) in [5.74, 6) is 11.9. The molecular formula is C46H47ClN14O6. The number of nitrogens with two attached hydrogens (primary N) is 4. The number of carbonyl (C=O) groups excluding carboxylic acids is 6. The second-order valence-corrected chi connectivity index (χ2v) is 15.2. The molecule has 344 valence electrons. The van der Waals surface area contributed by atoms with Crippen molar-refractivity contribution in [3.05, 3.63) is 157 Å². The lowest BCUT2D eigenvalue weighted by Gasteiger charge is -2.22. The lowest BCUT2D eigenvalue weighted by atomic mass is 10.1. The number of amides is 5. The number of primary amides is 2. The normalized spacial score (nSPS) is 14.9. The minimum Gasteiger partial charge on any atom is -0.364 e. The van der Waals surface area contributed by atoms with Gasteiger partial charge in [0, 0.05) is 41.2 Å². The molecule has 0 spiro atoms. The quantitative estimate of drug-likeness (QED) is 0.0514. The Morgan fingerprint density at radius 1 is 0.672 bits per heavy atom. The lowest BCUT2D eigenvalue weighted by molar-refractivity contribution is -0.127. The Labute approximate surface area is 389 Å². The molecule has 0 bridgehead atoms. The first kappa shape index (κ1) is 48.0. The highest BCUT2D eigenvalue weighted by atomic mass is 35.5. The summed E-state index contributed by atoms with van der Waals surface area (Å²) in [6.45, 7) is 8.04. The topological polar surface area (TPSA) is 307 Å². The summed E-state index contributed by atoms with van der Waals surface area (Å²) >= 11 is 4.71. The third-order valence-electron chi connectivity index (χ3n) is 10.5. The Hall–Kier alpha value is -8.49. The van der Waals surface area contributed by atoms with Crippen LogP contribution in [-0.4, -0.2) is 82.1 Å². The van der Waals surface area contributed by atoms with Crippen LogP contribution in [0.25, 0.3) is 22.5 Å². The number of halogens is 1. The van der Waals surface area contributed by atoms with E-state index in [1.54, 1.807) is 102 Å². The van der Waals surface area contributed by atoms with Crippen molar-refractivity contribution in [2.24, 2.45) is 11.5 Å². The minimum atomic E-state index is -0.747. The van der Waals surface area contributed by atoms with E-state index in [0.29, 0.717) is 64.2 Å². The van der Waals surface area contributed by atoms with Crippen molar-refractivity contribution < 1.29 is 28.8 Å². The number of carbonyl (C=O) groups is 6. The number of nitrogens with zero attached hydrogens (tertiary/aromatic N) is 7. The van der Waals surface area contributed by atoms with Crippen LogP contribution in [0.1, 0.15) is 91.1 Å². The van der Waals surface area contributed by atoms with Gasteiger partial charge in [-0.1, -0.05) is 49.6 Å². The SMILES string of the molecule is C=CC(=O)Cl.C=CC(=O)N1CCC[C@H]1c1nc(-c2ccc(C(=O)Nc3ccccn3)cc2)c(C(N)=O)n1N.NC(=O)c1c(-c2ccc(C(=O)Nc3ccccn3)cc2)nc([C@@H]2CCCN2)n1N. The average molecular weight is 927 g/mol. The largest absolute Gasteiger partial charge is 0.364 e. The van der Waals surface area contributed by atoms with Crippen LogP contribution in [0, 0.1) is 0 Å². The molecule has 2 atom stereocenters. The fourth-order valence-corrected chi connectivity index (χ4v) is 7.38. The average Bonchev–Trinajstić information content (AvgIpc) is 4.17. The molecule has 8 rings (SSSR count). The number of hydrogen-bond acceptors (Lipinski definition) is 13. The zero-order chi connectivity index (χ0) is 48.2. The number of likely N-dealkylation sites (tertiary alicyclic amines) is 1. The monoisotopic (exact) mass is 926 g/mol. The molecule has 0 unspecified atom stereocenters. The van der Waals surface area contributed by atoms with E-state index in [1.165, 1.54) is 10.8 Å². The van der Waals surface area contributed by atoms with E-state index in [-0.39, 0.29) is 40.8 Å². The number of hydrogen-bond donors (Lipinski definition) is 7. The first-order valence-electron chi connectivity index (χ1n) is 20.7. The smallest absolute Gasteiger partial charge is 0.269 e. The third kappa shape index (κ3) is 11.4. The number of nitrogens with one attached hydrogen (secondary N) is 3. The van der Waals surface area contributed by atoms with E-state index >= 15 is 0 Å². The second-order valence-electron chi connectivity index (χ2n) is 14.8. The van der Waals surface area contributed by atoms with Gasteiger partial charge in [-0.2, -0.15) is 0 Å². The van der Waals surface area contributed by atoms with Crippen molar-refractivity contribution in [3.8, 4) is 22.5 Å². The van der Waals surface area contributed by atoms with Crippen molar-refractivity contribution in [1.82, 2.24) is 39.5 Å². The molecule has 0 radical (unpaired) electrons. The molecule has 21 heteroatoms. The van der Waals surface area contributed by atoms with Crippen molar-refractivity contribution in [3.63, 3.8) is 0 Å². The van der Waals surface area contributed by atoms with Crippen LogP contribution in [0.15, 0.2) is 123 Å². The van der Waals surface area contributed by atoms with Crippen molar-refractivity contribution in [1.29, 1.82) is 0 Å². The summed E-state index contributed by atoms with van der Waals surface area (Å²) in [5.41, 5.74) is 14.1. The molecule has 4 aromatic heterocycles. The highest BCUT2D eigenvalue weighted by Gasteiger charge is 2.35. The Bertz CT molecular complexity index is 2790. The number of pyridine rings is 2. The van der Waals surface area contributed by atoms with Crippen LogP contribution < -0.4 is 39.1 Å². The molecule has 20 nitrogen and oxygen atoms in total. The molecule has 0 aliphatic carbocycles. The molecule has 67 heavy (non-hydrogen) atoms. The maximum absolute atomic E-state index is 12.5. The van der Waals surface area contributed by atoms with E-state index in [4.69, 9.17) is 34.8 Å². The summed E-state index contributed by atoms with van der Waals surface area (Å²) in [5, 5.41) is 8.24. The van der Waals surface area contributed by atoms with Gasteiger partial charge in [0.05, 0.1) is 12.1 Å². The van der Waals surface area contributed by atoms with Gasteiger partial charge < -0.3 is 44.0 Å². The zero-order valence-corrected chi connectivity index (χ0v) is 36.7. The number of imidazole rings is 2. The molecule has 6 aromatic rings. The number of benzene rings is 2. The van der Waals surface area contributed by atoms with Gasteiger partial charge in [0.1, 0.15) is 28.8 Å². The van der Waals surface area contributed by atoms with Crippen LogP contribution in [0.4, 0.5) is 11.6 Å². The number of rotatable bonds is 12. The van der Waals surface area contributed by atoms with Gasteiger partial charge in [0.15, 0.2) is 17.2 Å².